The summed E-state index contributed by atoms with van der Waals surface area (Å²) in [5.74, 6) is -0.806. The zero-order valence-corrected chi connectivity index (χ0v) is 17.9. The summed E-state index contributed by atoms with van der Waals surface area (Å²) in [4.78, 5) is 31.5. The Bertz CT molecular complexity index is 856. The van der Waals surface area contributed by atoms with Crippen molar-refractivity contribution >= 4 is 17.5 Å². The zero-order valence-electron chi connectivity index (χ0n) is 17.9. The third-order valence-electron chi connectivity index (χ3n) is 5.75. The van der Waals surface area contributed by atoms with E-state index in [2.05, 4.69) is 36.9 Å². The fourth-order valence-corrected chi connectivity index (χ4v) is 3.76. The summed E-state index contributed by atoms with van der Waals surface area (Å²) in [5, 5.41) is 0. The number of amides is 2. The first-order chi connectivity index (χ1) is 13.9. The number of aryl methyl sites for hydroxylation is 1. The van der Waals surface area contributed by atoms with Crippen LogP contribution in [0.1, 0.15) is 30.5 Å². The molecule has 0 radical (unpaired) electrons. The topological polar surface area (TPSA) is 43.9 Å². The van der Waals surface area contributed by atoms with Gasteiger partial charge in [0.25, 0.3) is 0 Å². The molecule has 1 aliphatic rings. The Hall–Kier alpha value is -2.82. The predicted octanol–water partition coefficient (Wildman–Crippen LogP) is 3.39. The highest BCUT2D eigenvalue weighted by Crippen LogP contribution is 2.24. The molecule has 0 atom stereocenters. The Kier molecular flexibility index (Phi) is 6.57. The van der Waals surface area contributed by atoms with Crippen molar-refractivity contribution in [1.29, 1.82) is 0 Å². The normalized spacial score (nSPS) is 14.2. The molecule has 5 heteroatoms. The number of rotatable bonds is 4. The van der Waals surface area contributed by atoms with Crippen molar-refractivity contribution in [2.24, 2.45) is 0 Å². The van der Waals surface area contributed by atoms with Crippen molar-refractivity contribution in [3.63, 3.8) is 0 Å². The number of piperazine rings is 1. The minimum Gasteiger partial charge on any atom is -0.368 e. The minimum absolute atomic E-state index is 0.0390. The van der Waals surface area contributed by atoms with E-state index < -0.39 is 11.8 Å². The molecular formula is C24H31N3O2. The molecule has 0 unspecified atom stereocenters. The highest BCUT2D eigenvalue weighted by molar-refractivity contribution is 6.35. The molecule has 1 fully saturated rings. The van der Waals surface area contributed by atoms with Gasteiger partial charge >= 0.3 is 11.8 Å². The van der Waals surface area contributed by atoms with Gasteiger partial charge in [-0.25, -0.2) is 0 Å². The standard InChI is InChI=1S/C24H31N3O2/c1-18(2)27(17-21-10-6-5-7-11-21)24(29)23(28)26-15-13-25(14-16-26)22-12-8-9-19(3)20(22)4/h5-12,18H,13-17H2,1-4H3. The first-order valence-corrected chi connectivity index (χ1v) is 10.3. The van der Waals surface area contributed by atoms with Gasteiger partial charge in [-0.3, -0.25) is 9.59 Å². The van der Waals surface area contributed by atoms with Gasteiger partial charge in [-0.15, -0.1) is 0 Å². The van der Waals surface area contributed by atoms with E-state index in [1.54, 1.807) is 9.80 Å². The van der Waals surface area contributed by atoms with E-state index in [0.29, 0.717) is 19.6 Å². The quantitative estimate of drug-likeness (QED) is 0.748. The summed E-state index contributed by atoms with van der Waals surface area (Å²) in [6, 6.07) is 16.1. The number of carbonyl (C=O) groups excluding carboxylic acids is 2. The van der Waals surface area contributed by atoms with Crippen molar-refractivity contribution in [2.45, 2.75) is 40.3 Å². The molecular weight excluding hydrogens is 362 g/mol. The number of benzene rings is 2. The van der Waals surface area contributed by atoms with Crippen LogP contribution in [0.25, 0.3) is 0 Å². The lowest BCUT2D eigenvalue weighted by Crippen LogP contribution is -2.54. The monoisotopic (exact) mass is 393 g/mol. The van der Waals surface area contributed by atoms with Crippen molar-refractivity contribution in [2.75, 3.05) is 31.1 Å². The van der Waals surface area contributed by atoms with Crippen LogP contribution in [-0.2, 0) is 16.1 Å². The van der Waals surface area contributed by atoms with E-state index in [-0.39, 0.29) is 6.04 Å². The number of nitrogens with zero attached hydrogens (tertiary/aromatic N) is 3. The number of carbonyl (C=O) groups is 2. The second-order valence-corrected chi connectivity index (χ2v) is 8.01. The Labute approximate surface area is 173 Å². The van der Waals surface area contributed by atoms with Gasteiger partial charge < -0.3 is 14.7 Å². The lowest BCUT2D eigenvalue weighted by Gasteiger charge is -2.37. The molecule has 1 heterocycles. The van der Waals surface area contributed by atoms with E-state index in [4.69, 9.17) is 0 Å². The highest BCUT2D eigenvalue weighted by Gasteiger charge is 2.31. The van der Waals surface area contributed by atoms with Crippen LogP contribution in [0.4, 0.5) is 5.69 Å². The van der Waals surface area contributed by atoms with Crippen LogP contribution >= 0.6 is 0 Å². The van der Waals surface area contributed by atoms with Gasteiger partial charge in [0.2, 0.25) is 0 Å². The van der Waals surface area contributed by atoms with Crippen LogP contribution in [0.2, 0.25) is 0 Å². The predicted molar refractivity (Wildman–Crippen MR) is 117 cm³/mol. The van der Waals surface area contributed by atoms with Crippen molar-refractivity contribution in [3.05, 3.63) is 65.2 Å². The second-order valence-electron chi connectivity index (χ2n) is 8.01. The Balaban J connectivity index is 1.64. The lowest BCUT2D eigenvalue weighted by atomic mass is 10.1. The zero-order chi connectivity index (χ0) is 21.0. The molecule has 154 valence electrons. The van der Waals surface area contributed by atoms with Crippen LogP contribution in [0.15, 0.2) is 48.5 Å². The molecule has 0 aliphatic carbocycles. The van der Waals surface area contributed by atoms with E-state index in [1.165, 1.54) is 16.8 Å². The maximum absolute atomic E-state index is 13.0. The van der Waals surface area contributed by atoms with Crippen molar-refractivity contribution in [3.8, 4) is 0 Å². The molecule has 0 N–H and O–H groups in total. The van der Waals surface area contributed by atoms with Crippen molar-refractivity contribution < 1.29 is 9.59 Å². The Morgan fingerprint density at radius 2 is 1.59 bits per heavy atom. The summed E-state index contributed by atoms with van der Waals surface area (Å²) in [6.45, 7) is 11.2. The van der Waals surface area contributed by atoms with Gasteiger partial charge in [0, 0.05) is 44.5 Å². The molecule has 2 amide bonds. The first kappa shape index (κ1) is 20.9. The molecule has 0 aromatic heterocycles. The van der Waals surface area contributed by atoms with E-state index >= 15 is 0 Å². The molecule has 2 aromatic rings. The van der Waals surface area contributed by atoms with E-state index in [9.17, 15) is 9.59 Å². The summed E-state index contributed by atoms with van der Waals surface area (Å²) >= 11 is 0. The summed E-state index contributed by atoms with van der Waals surface area (Å²) in [5.41, 5.74) is 4.79. The average molecular weight is 394 g/mol. The van der Waals surface area contributed by atoms with Gasteiger partial charge in [0.1, 0.15) is 0 Å². The summed E-state index contributed by atoms with van der Waals surface area (Å²) in [7, 11) is 0. The van der Waals surface area contributed by atoms with Crippen LogP contribution in [0.3, 0.4) is 0 Å². The van der Waals surface area contributed by atoms with Gasteiger partial charge in [-0.2, -0.15) is 0 Å². The smallest absolute Gasteiger partial charge is 0.312 e. The molecule has 0 saturated carbocycles. The lowest BCUT2D eigenvalue weighted by molar-refractivity contribution is -0.153. The van der Waals surface area contributed by atoms with Crippen LogP contribution < -0.4 is 4.90 Å². The summed E-state index contributed by atoms with van der Waals surface area (Å²) < 4.78 is 0. The third-order valence-corrected chi connectivity index (χ3v) is 5.75. The van der Waals surface area contributed by atoms with Crippen molar-refractivity contribution in [1.82, 2.24) is 9.80 Å². The molecule has 1 saturated heterocycles. The number of hydrogen-bond donors (Lipinski definition) is 0. The van der Waals surface area contributed by atoms with E-state index in [0.717, 1.165) is 18.7 Å². The number of anilines is 1. The Morgan fingerprint density at radius 1 is 0.931 bits per heavy atom. The summed E-state index contributed by atoms with van der Waals surface area (Å²) in [6.07, 6.45) is 0. The molecule has 0 bridgehead atoms. The van der Waals surface area contributed by atoms with Gasteiger partial charge in [-0.05, 0) is 50.5 Å². The molecule has 1 aliphatic heterocycles. The number of hydrogen-bond acceptors (Lipinski definition) is 3. The van der Waals surface area contributed by atoms with Gasteiger partial charge in [0.05, 0.1) is 0 Å². The fraction of sp³-hybridized carbons (Fsp3) is 0.417. The molecule has 5 nitrogen and oxygen atoms in total. The average Bonchev–Trinajstić information content (AvgIpc) is 2.73. The first-order valence-electron chi connectivity index (χ1n) is 10.3. The maximum Gasteiger partial charge on any atom is 0.312 e. The van der Waals surface area contributed by atoms with Crippen LogP contribution in [0, 0.1) is 13.8 Å². The molecule has 3 rings (SSSR count). The molecule has 29 heavy (non-hydrogen) atoms. The van der Waals surface area contributed by atoms with Crippen LogP contribution in [0.5, 0.6) is 0 Å². The largest absolute Gasteiger partial charge is 0.368 e. The SMILES string of the molecule is Cc1cccc(N2CCN(C(=O)C(=O)N(Cc3ccccc3)C(C)C)CC2)c1C. The van der Waals surface area contributed by atoms with E-state index in [1.807, 2.05) is 44.2 Å². The van der Waals surface area contributed by atoms with Crippen LogP contribution in [-0.4, -0.2) is 53.8 Å². The maximum atomic E-state index is 13.0. The second kappa shape index (κ2) is 9.12. The molecule has 2 aromatic carbocycles. The third kappa shape index (κ3) is 4.78. The fourth-order valence-electron chi connectivity index (χ4n) is 3.76. The molecule has 0 spiro atoms. The highest BCUT2D eigenvalue weighted by atomic mass is 16.2. The van der Waals surface area contributed by atoms with Gasteiger partial charge in [-0.1, -0.05) is 42.5 Å². The minimum atomic E-state index is -0.413. The Morgan fingerprint density at radius 3 is 2.21 bits per heavy atom. The van der Waals surface area contributed by atoms with Gasteiger partial charge in [0.15, 0.2) is 0 Å².